The van der Waals surface area contributed by atoms with Crippen molar-refractivity contribution < 1.29 is 8.42 Å². The lowest BCUT2D eigenvalue weighted by Gasteiger charge is -2.12. The third-order valence-corrected chi connectivity index (χ3v) is 5.93. The minimum atomic E-state index is -3.40. The molecule has 28 heavy (non-hydrogen) atoms. The Morgan fingerprint density at radius 2 is 1.46 bits per heavy atom. The summed E-state index contributed by atoms with van der Waals surface area (Å²) >= 11 is 0. The molecule has 1 aliphatic rings. The van der Waals surface area contributed by atoms with Gasteiger partial charge in [0.05, 0.1) is 4.90 Å². The molecule has 0 saturated heterocycles. The normalized spacial score (nSPS) is 14.3. The highest BCUT2D eigenvalue weighted by Gasteiger charge is 2.27. The number of nitrogens with zero attached hydrogens (tertiary/aromatic N) is 1. The van der Waals surface area contributed by atoms with Crippen LogP contribution < -0.4 is 15.4 Å². The fourth-order valence-electron chi connectivity index (χ4n) is 2.57. The standard InChI is InChI=1S/C20H26N4O2S.HI/c1-15-3-5-16(6-4-15)13-22-20(21-2)23-14-17-7-11-19(12-8-17)27(25,26)24-18-9-10-18;/h3-8,11-12,18,24H,9-10,13-14H2,1-2H3,(H2,21,22,23);1H. The molecule has 1 fully saturated rings. The average Bonchev–Trinajstić information content (AvgIpc) is 3.47. The van der Waals surface area contributed by atoms with Crippen LogP contribution in [0.5, 0.6) is 0 Å². The first kappa shape index (κ1) is 22.6. The molecule has 1 saturated carbocycles. The number of hydrogen-bond acceptors (Lipinski definition) is 3. The van der Waals surface area contributed by atoms with Crippen LogP contribution in [-0.2, 0) is 23.1 Å². The van der Waals surface area contributed by atoms with Crippen LogP contribution >= 0.6 is 24.0 Å². The number of nitrogens with one attached hydrogen (secondary N) is 3. The van der Waals surface area contributed by atoms with Crippen LogP contribution in [0.4, 0.5) is 0 Å². The Morgan fingerprint density at radius 1 is 0.964 bits per heavy atom. The van der Waals surface area contributed by atoms with Crippen LogP contribution in [0.25, 0.3) is 0 Å². The Morgan fingerprint density at radius 3 is 1.93 bits per heavy atom. The van der Waals surface area contributed by atoms with E-state index in [1.807, 2.05) is 12.1 Å². The molecule has 3 rings (SSSR count). The van der Waals surface area contributed by atoms with Crippen molar-refractivity contribution in [3.8, 4) is 0 Å². The van der Waals surface area contributed by atoms with Crippen molar-refractivity contribution in [1.82, 2.24) is 15.4 Å². The summed E-state index contributed by atoms with van der Waals surface area (Å²) in [6.45, 7) is 3.31. The summed E-state index contributed by atoms with van der Waals surface area (Å²) in [6.07, 6.45) is 1.85. The Kier molecular flexibility index (Phi) is 8.26. The quantitative estimate of drug-likeness (QED) is 0.302. The molecule has 152 valence electrons. The largest absolute Gasteiger partial charge is 0.352 e. The zero-order valence-electron chi connectivity index (χ0n) is 16.1. The van der Waals surface area contributed by atoms with Gasteiger partial charge in [-0.25, -0.2) is 13.1 Å². The van der Waals surface area contributed by atoms with Gasteiger partial charge in [-0.05, 0) is 43.0 Å². The van der Waals surface area contributed by atoms with Gasteiger partial charge in [-0.3, -0.25) is 4.99 Å². The number of aliphatic imine (C=N–C) groups is 1. The van der Waals surface area contributed by atoms with Crippen LogP contribution in [0.1, 0.15) is 29.5 Å². The predicted molar refractivity (Wildman–Crippen MR) is 123 cm³/mol. The molecule has 1 aliphatic carbocycles. The second-order valence-electron chi connectivity index (χ2n) is 6.80. The van der Waals surface area contributed by atoms with E-state index in [1.165, 1.54) is 11.1 Å². The van der Waals surface area contributed by atoms with Crippen LogP contribution in [0.2, 0.25) is 0 Å². The number of aryl methyl sites for hydroxylation is 1. The highest BCUT2D eigenvalue weighted by molar-refractivity contribution is 14.0. The lowest BCUT2D eigenvalue weighted by atomic mass is 10.1. The molecule has 0 aromatic heterocycles. The van der Waals surface area contributed by atoms with E-state index in [4.69, 9.17) is 0 Å². The summed E-state index contributed by atoms with van der Waals surface area (Å²) < 4.78 is 27.1. The second-order valence-corrected chi connectivity index (χ2v) is 8.52. The molecule has 0 heterocycles. The second kappa shape index (κ2) is 10.2. The van der Waals surface area contributed by atoms with Gasteiger partial charge in [-0.15, -0.1) is 24.0 Å². The number of guanidine groups is 1. The molecule has 0 atom stereocenters. The predicted octanol–water partition coefficient (Wildman–Crippen LogP) is 2.92. The highest BCUT2D eigenvalue weighted by atomic mass is 127. The molecular formula is C20H27IN4O2S. The minimum Gasteiger partial charge on any atom is -0.352 e. The summed E-state index contributed by atoms with van der Waals surface area (Å²) in [7, 11) is -1.67. The van der Waals surface area contributed by atoms with Crippen molar-refractivity contribution in [2.24, 2.45) is 4.99 Å². The summed E-state index contributed by atoms with van der Waals surface area (Å²) in [5, 5.41) is 6.51. The smallest absolute Gasteiger partial charge is 0.240 e. The van der Waals surface area contributed by atoms with Gasteiger partial charge in [0.25, 0.3) is 0 Å². The minimum absolute atomic E-state index is 0. The van der Waals surface area contributed by atoms with Crippen LogP contribution in [0, 0.1) is 6.92 Å². The van der Waals surface area contributed by atoms with Crippen molar-refractivity contribution in [1.29, 1.82) is 0 Å². The number of halogens is 1. The van der Waals surface area contributed by atoms with Crippen molar-refractivity contribution in [2.75, 3.05) is 7.05 Å². The van der Waals surface area contributed by atoms with Gasteiger partial charge in [0.2, 0.25) is 10.0 Å². The van der Waals surface area contributed by atoms with Gasteiger partial charge in [-0.1, -0.05) is 42.0 Å². The van der Waals surface area contributed by atoms with Crippen molar-refractivity contribution in [3.63, 3.8) is 0 Å². The van der Waals surface area contributed by atoms with Crippen LogP contribution in [-0.4, -0.2) is 27.5 Å². The summed E-state index contributed by atoms with van der Waals surface area (Å²) in [6, 6.07) is 15.4. The molecule has 3 N–H and O–H groups in total. The van der Waals surface area contributed by atoms with E-state index >= 15 is 0 Å². The van der Waals surface area contributed by atoms with Crippen molar-refractivity contribution in [2.45, 2.75) is 43.8 Å². The molecule has 0 aliphatic heterocycles. The third-order valence-electron chi connectivity index (χ3n) is 4.40. The molecule has 2 aromatic rings. The molecule has 8 heteroatoms. The molecule has 0 unspecified atom stereocenters. The van der Waals surface area contributed by atoms with Gasteiger partial charge in [-0.2, -0.15) is 0 Å². The number of rotatable bonds is 7. The van der Waals surface area contributed by atoms with E-state index in [0.29, 0.717) is 23.9 Å². The lowest BCUT2D eigenvalue weighted by molar-refractivity contribution is 0.581. The summed E-state index contributed by atoms with van der Waals surface area (Å²) in [4.78, 5) is 4.53. The molecule has 0 bridgehead atoms. The Balaban J connectivity index is 0.00000280. The summed E-state index contributed by atoms with van der Waals surface area (Å²) in [5.41, 5.74) is 3.40. The van der Waals surface area contributed by atoms with Crippen molar-refractivity contribution >= 4 is 40.0 Å². The monoisotopic (exact) mass is 514 g/mol. The van der Waals surface area contributed by atoms with Crippen LogP contribution in [0.3, 0.4) is 0 Å². The molecular weight excluding hydrogens is 487 g/mol. The van der Waals surface area contributed by atoms with Gasteiger partial charge < -0.3 is 10.6 Å². The summed E-state index contributed by atoms with van der Waals surface area (Å²) in [5.74, 6) is 0.697. The average molecular weight is 514 g/mol. The Bertz CT molecular complexity index is 893. The zero-order valence-corrected chi connectivity index (χ0v) is 19.3. The van der Waals surface area contributed by atoms with Crippen LogP contribution in [0.15, 0.2) is 58.4 Å². The first-order valence-corrected chi connectivity index (χ1v) is 10.6. The number of sulfonamides is 1. The Labute approximate surface area is 184 Å². The SMILES string of the molecule is CN=C(NCc1ccc(C)cc1)NCc1ccc(S(=O)(=O)NC2CC2)cc1.I. The molecule has 0 radical (unpaired) electrons. The number of benzene rings is 2. The van der Waals surface area contributed by atoms with E-state index in [9.17, 15) is 8.42 Å². The first-order valence-electron chi connectivity index (χ1n) is 9.07. The third kappa shape index (κ3) is 6.75. The molecule has 0 spiro atoms. The van der Waals surface area contributed by atoms with E-state index < -0.39 is 10.0 Å². The van der Waals surface area contributed by atoms with E-state index in [0.717, 1.165) is 18.4 Å². The van der Waals surface area contributed by atoms with E-state index in [1.54, 1.807) is 19.2 Å². The van der Waals surface area contributed by atoms with Gasteiger partial charge in [0.15, 0.2) is 5.96 Å². The highest BCUT2D eigenvalue weighted by Crippen LogP contribution is 2.22. The molecule has 0 amide bonds. The van der Waals surface area contributed by atoms with Gasteiger partial charge in [0, 0.05) is 26.2 Å². The maximum atomic E-state index is 12.2. The maximum Gasteiger partial charge on any atom is 0.240 e. The van der Waals surface area contributed by atoms with Gasteiger partial charge >= 0.3 is 0 Å². The maximum absolute atomic E-state index is 12.2. The fraction of sp³-hybridized carbons (Fsp3) is 0.350. The molecule has 6 nitrogen and oxygen atoms in total. The van der Waals surface area contributed by atoms with E-state index in [-0.39, 0.29) is 30.0 Å². The van der Waals surface area contributed by atoms with Gasteiger partial charge in [0.1, 0.15) is 0 Å². The van der Waals surface area contributed by atoms with Crippen molar-refractivity contribution in [3.05, 3.63) is 65.2 Å². The van der Waals surface area contributed by atoms with E-state index in [2.05, 4.69) is 51.5 Å². The first-order chi connectivity index (χ1) is 13.0. The number of hydrogen-bond donors (Lipinski definition) is 3. The fourth-order valence-corrected chi connectivity index (χ4v) is 3.88. The zero-order chi connectivity index (χ0) is 19.3. The Hall–Kier alpha value is -1.65. The topological polar surface area (TPSA) is 82.6 Å². The lowest BCUT2D eigenvalue weighted by Crippen LogP contribution is -2.36. The molecule has 2 aromatic carbocycles.